The molecule has 198 valence electrons. The summed E-state index contributed by atoms with van der Waals surface area (Å²) in [5.74, 6) is -1.60. The number of benzene rings is 1. The van der Waals surface area contributed by atoms with Crippen molar-refractivity contribution < 1.29 is 30.7 Å². The van der Waals surface area contributed by atoms with Crippen LogP contribution in [0.2, 0.25) is 5.02 Å². The fraction of sp³-hybridized carbons (Fsp3) is 0.435. The van der Waals surface area contributed by atoms with Crippen molar-refractivity contribution in [3.05, 3.63) is 59.0 Å². The number of alkyl halides is 2. The molecule has 4 heterocycles. The number of ether oxygens (including phenoxy) is 1. The van der Waals surface area contributed by atoms with Crippen LogP contribution in [-0.2, 0) is 21.3 Å². The van der Waals surface area contributed by atoms with E-state index in [1.165, 1.54) is 34.8 Å². The zero-order valence-corrected chi connectivity index (χ0v) is 21.0. The summed E-state index contributed by atoms with van der Waals surface area (Å²) in [6, 6.07) is 7.13. The Morgan fingerprint density at radius 3 is 2.46 bits per heavy atom. The van der Waals surface area contributed by atoms with Crippen molar-refractivity contribution in [3.63, 3.8) is 0 Å². The van der Waals surface area contributed by atoms with Crippen molar-refractivity contribution in [1.29, 1.82) is 0 Å². The van der Waals surface area contributed by atoms with Gasteiger partial charge in [0.25, 0.3) is 5.89 Å². The first-order chi connectivity index (χ1) is 17.7. The molecule has 0 aliphatic carbocycles. The van der Waals surface area contributed by atoms with Crippen molar-refractivity contribution in [1.82, 2.24) is 20.1 Å². The molecule has 0 radical (unpaired) electrons. The second-order valence-corrected chi connectivity index (χ2v) is 11.4. The maximum absolute atomic E-state index is 13.9. The first-order valence-corrected chi connectivity index (χ1v) is 13.5. The van der Waals surface area contributed by atoms with Gasteiger partial charge < -0.3 is 9.15 Å². The Balaban J connectivity index is 1.38. The summed E-state index contributed by atoms with van der Waals surface area (Å²) < 4.78 is 78.4. The maximum atomic E-state index is 13.9. The highest BCUT2D eigenvalue weighted by Crippen LogP contribution is 2.32. The third-order valence-electron chi connectivity index (χ3n) is 6.54. The number of likely N-dealkylation sites (tertiary alicyclic amines) is 1. The topological polar surface area (TPSA) is 102 Å². The average molecular weight is 558 g/mol. The molecule has 0 spiro atoms. The van der Waals surface area contributed by atoms with Crippen LogP contribution in [0.25, 0.3) is 11.5 Å². The number of piperidine rings is 1. The molecule has 2 aliphatic heterocycles. The van der Waals surface area contributed by atoms with E-state index in [0.29, 0.717) is 56.4 Å². The van der Waals surface area contributed by atoms with Crippen LogP contribution in [-0.4, -0.2) is 66.1 Å². The van der Waals surface area contributed by atoms with Gasteiger partial charge in [0.2, 0.25) is 15.9 Å². The Kier molecular flexibility index (Phi) is 7.39. The molecule has 5 rings (SSSR count). The number of pyridine rings is 1. The van der Waals surface area contributed by atoms with E-state index < -0.39 is 33.4 Å². The Hall–Kier alpha value is -2.74. The molecule has 2 aromatic heterocycles. The molecule has 2 fully saturated rings. The summed E-state index contributed by atoms with van der Waals surface area (Å²) in [6.07, 6.45) is -0.677. The van der Waals surface area contributed by atoms with Gasteiger partial charge in [-0.1, -0.05) is 11.6 Å². The van der Waals surface area contributed by atoms with Crippen molar-refractivity contribution in [2.24, 2.45) is 0 Å². The van der Waals surface area contributed by atoms with Crippen molar-refractivity contribution >= 4 is 27.3 Å². The number of rotatable bonds is 8. The Labute approximate surface area is 216 Å². The SMILES string of the molecule is O=S(=O)(C1CCN(C2COC2)CC1)N(Cc1ccc(-c2nnc(C(F)F)o2)cn1)c1ccc(F)c(Cl)c1. The van der Waals surface area contributed by atoms with Crippen molar-refractivity contribution in [3.8, 4) is 11.5 Å². The summed E-state index contributed by atoms with van der Waals surface area (Å²) in [4.78, 5) is 6.52. The maximum Gasteiger partial charge on any atom is 0.314 e. The van der Waals surface area contributed by atoms with E-state index >= 15 is 0 Å². The summed E-state index contributed by atoms with van der Waals surface area (Å²) in [7, 11) is -3.88. The minimum absolute atomic E-state index is 0.132. The lowest BCUT2D eigenvalue weighted by Gasteiger charge is -2.42. The molecule has 0 saturated carbocycles. The number of aromatic nitrogens is 3. The van der Waals surface area contributed by atoms with Gasteiger partial charge in [-0.15, -0.1) is 10.2 Å². The van der Waals surface area contributed by atoms with Gasteiger partial charge in [0, 0.05) is 6.20 Å². The van der Waals surface area contributed by atoms with Gasteiger partial charge in [-0.05, 0) is 56.3 Å². The minimum Gasteiger partial charge on any atom is -0.415 e. The molecule has 9 nitrogen and oxygen atoms in total. The third kappa shape index (κ3) is 5.44. The van der Waals surface area contributed by atoms with Crippen LogP contribution in [0.4, 0.5) is 18.9 Å². The van der Waals surface area contributed by atoms with Crippen molar-refractivity contribution in [2.45, 2.75) is 37.1 Å². The zero-order chi connectivity index (χ0) is 26.2. The molecule has 2 saturated heterocycles. The number of nitrogens with zero attached hydrogens (tertiary/aromatic N) is 5. The smallest absolute Gasteiger partial charge is 0.314 e. The fourth-order valence-corrected chi connectivity index (χ4v) is 6.41. The quantitative estimate of drug-likeness (QED) is 0.409. The number of hydrogen-bond donors (Lipinski definition) is 0. The fourth-order valence-electron chi connectivity index (χ4n) is 4.35. The number of sulfonamides is 1. The lowest BCUT2D eigenvalue weighted by Crippen LogP contribution is -2.54. The van der Waals surface area contributed by atoms with E-state index in [9.17, 15) is 21.6 Å². The molecular formula is C23H23ClF3N5O4S. The summed E-state index contributed by atoms with van der Waals surface area (Å²) in [5.41, 5.74) is 0.880. The van der Waals surface area contributed by atoms with Crippen LogP contribution in [0, 0.1) is 5.82 Å². The predicted octanol–water partition coefficient (Wildman–Crippen LogP) is 4.06. The highest BCUT2D eigenvalue weighted by atomic mass is 35.5. The Morgan fingerprint density at radius 1 is 1.14 bits per heavy atom. The second-order valence-electron chi connectivity index (χ2n) is 8.86. The number of halogens is 4. The molecule has 37 heavy (non-hydrogen) atoms. The summed E-state index contributed by atoms with van der Waals surface area (Å²) in [5, 5.41) is 6.04. The van der Waals surface area contributed by atoms with Gasteiger partial charge in [0.1, 0.15) is 5.82 Å². The molecule has 3 aromatic rings. The highest BCUT2D eigenvalue weighted by Gasteiger charge is 2.38. The Morgan fingerprint density at radius 2 is 1.89 bits per heavy atom. The lowest BCUT2D eigenvalue weighted by atomic mass is 10.1. The highest BCUT2D eigenvalue weighted by molar-refractivity contribution is 7.93. The summed E-state index contributed by atoms with van der Waals surface area (Å²) in [6.45, 7) is 2.44. The normalized spacial score (nSPS) is 17.8. The molecule has 0 N–H and O–H groups in total. The van der Waals surface area contributed by atoms with Crippen molar-refractivity contribution in [2.75, 3.05) is 30.6 Å². The van der Waals surface area contributed by atoms with E-state index in [0.717, 1.165) is 6.07 Å². The molecule has 1 aromatic carbocycles. The Bertz CT molecular complexity index is 1350. The minimum atomic E-state index is -3.88. The average Bonchev–Trinajstić information content (AvgIpc) is 3.35. The van der Waals surface area contributed by atoms with E-state index in [-0.39, 0.29) is 23.1 Å². The molecule has 2 aliphatic rings. The van der Waals surface area contributed by atoms with Crippen LogP contribution < -0.4 is 4.31 Å². The summed E-state index contributed by atoms with van der Waals surface area (Å²) >= 11 is 5.98. The molecule has 14 heteroatoms. The number of hydrogen-bond acceptors (Lipinski definition) is 8. The monoisotopic (exact) mass is 557 g/mol. The van der Waals surface area contributed by atoms with E-state index in [4.69, 9.17) is 20.8 Å². The molecule has 0 bridgehead atoms. The first kappa shape index (κ1) is 25.9. The van der Waals surface area contributed by atoms with Crippen LogP contribution in [0.5, 0.6) is 0 Å². The first-order valence-electron chi connectivity index (χ1n) is 11.6. The largest absolute Gasteiger partial charge is 0.415 e. The number of anilines is 1. The molecular weight excluding hydrogens is 535 g/mol. The van der Waals surface area contributed by atoms with Crippen LogP contribution >= 0.6 is 11.6 Å². The third-order valence-corrected chi connectivity index (χ3v) is 9.10. The van der Waals surface area contributed by atoms with Gasteiger partial charge in [-0.25, -0.2) is 12.8 Å². The van der Waals surface area contributed by atoms with Gasteiger partial charge in [-0.3, -0.25) is 14.2 Å². The van der Waals surface area contributed by atoms with E-state index in [2.05, 4.69) is 20.1 Å². The van der Waals surface area contributed by atoms with E-state index in [1.807, 2.05) is 0 Å². The second kappa shape index (κ2) is 10.6. The van der Waals surface area contributed by atoms with Crippen LogP contribution in [0.3, 0.4) is 0 Å². The zero-order valence-electron chi connectivity index (χ0n) is 19.4. The van der Waals surface area contributed by atoms with Gasteiger partial charge in [0.05, 0.1) is 53.0 Å². The predicted molar refractivity (Wildman–Crippen MR) is 128 cm³/mol. The van der Waals surface area contributed by atoms with Gasteiger partial charge in [0.15, 0.2) is 0 Å². The lowest BCUT2D eigenvalue weighted by molar-refractivity contribution is -0.0695. The molecule has 0 unspecified atom stereocenters. The van der Waals surface area contributed by atoms with Crippen LogP contribution in [0.15, 0.2) is 40.9 Å². The molecule has 0 amide bonds. The van der Waals surface area contributed by atoms with Crippen LogP contribution in [0.1, 0.15) is 30.9 Å². The van der Waals surface area contributed by atoms with Gasteiger partial charge >= 0.3 is 6.43 Å². The van der Waals surface area contributed by atoms with E-state index in [1.54, 1.807) is 0 Å². The standard InChI is InChI=1S/C23H23ClF3N5O4S/c24-19-9-16(3-4-20(19)25)32(37(33,34)18-5-7-31(8-6-18)17-12-35-13-17)11-15-2-1-14(10-28-15)22-29-30-23(36-22)21(26)27/h1-4,9-10,17-18,21H,5-8,11-13H2. The molecule has 0 atom stereocenters. The van der Waals surface area contributed by atoms with Gasteiger partial charge in [-0.2, -0.15) is 8.78 Å².